The van der Waals surface area contributed by atoms with E-state index < -0.39 is 17.1 Å². The molecule has 2 atom stereocenters. The van der Waals surface area contributed by atoms with Gasteiger partial charge < -0.3 is 10.2 Å². The largest absolute Gasteiger partial charge is 0.389 e. The van der Waals surface area contributed by atoms with Crippen LogP contribution in [0.2, 0.25) is 5.15 Å². The Labute approximate surface area is 107 Å². The number of nitro groups is 1. The maximum atomic E-state index is 10.7. The van der Waals surface area contributed by atoms with Crippen LogP contribution in [0.3, 0.4) is 0 Å². The SMILES string of the molecule is Cc1nc(Cl)c(C(O)C(O)CCl)cc1[N+](=O)[O-]. The van der Waals surface area contributed by atoms with Gasteiger partial charge in [-0.1, -0.05) is 11.6 Å². The highest BCUT2D eigenvalue weighted by molar-refractivity contribution is 6.30. The molecule has 1 rings (SSSR count). The van der Waals surface area contributed by atoms with Gasteiger partial charge in [0.05, 0.1) is 16.9 Å². The number of rotatable bonds is 4. The molecule has 0 aliphatic heterocycles. The lowest BCUT2D eigenvalue weighted by Gasteiger charge is -2.16. The van der Waals surface area contributed by atoms with Crippen LogP contribution < -0.4 is 0 Å². The van der Waals surface area contributed by atoms with Crippen molar-refractivity contribution in [2.75, 3.05) is 5.88 Å². The first kappa shape index (κ1) is 14.1. The molecular formula is C9H10Cl2N2O4. The van der Waals surface area contributed by atoms with E-state index in [-0.39, 0.29) is 28.0 Å². The molecule has 2 N–H and O–H groups in total. The minimum atomic E-state index is -1.41. The second-order valence-corrected chi connectivity index (χ2v) is 4.06. The molecule has 0 aliphatic rings. The van der Waals surface area contributed by atoms with Crippen molar-refractivity contribution in [1.29, 1.82) is 0 Å². The number of hydrogen-bond donors (Lipinski definition) is 2. The molecule has 0 bridgehead atoms. The summed E-state index contributed by atoms with van der Waals surface area (Å²) < 4.78 is 0. The zero-order valence-corrected chi connectivity index (χ0v) is 10.3. The van der Waals surface area contributed by atoms with Crippen LogP contribution in [0.1, 0.15) is 17.4 Å². The Hall–Kier alpha value is -0.950. The summed E-state index contributed by atoms with van der Waals surface area (Å²) in [7, 11) is 0. The molecule has 0 aliphatic carbocycles. The Morgan fingerprint density at radius 3 is 2.65 bits per heavy atom. The van der Waals surface area contributed by atoms with Gasteiger partial charge in [0, 0.05) is 11.6 Å². The van der Waals surface area contributed by atoms with Gasteiger partial charge in [-0.2, -0.15) is 0 Å². The molecule has 6 nitrogen and oxygen atoms in total. The van der Waals surface area contributed by atoms with E-state index in [1.165, 1.54) is 6.92 Å². The standard InChI is InChI=1S/C9H10Cl2N2O4/c1-4-6(13(16)17)2-5(9(11)12-4)8(15)7(14)3-10/h2,7-8,14-15H,3H2,1H3. The molecule has 8 heteroatoms. The molecule has 2 unspecified atom stereocenters. The maximum absolute atomic E-state index is 10.7. The average molecular weight is 281 g/mol. The van der Waals surface area contributed by atoms with Crippen molar-refractivity contribution in [1.82, 2.24) is 4.98 Å². The monoisotopic (exact) mass is 280 g/mol. The van der Waals surface area contributed by atoms with Crippen molar-refractivity contribution in [3.05, 3.63) is 32.6 Å². The third-order valence-electron chi connectivity index (χ3n) is 2.20. The summed E-state index contributed by atoms with van der Waals surface area (Å²) in [6.07, 6.45) is -2.68. The number of hydrogen-bond acceptors (Lipinski definition) is 5. The highest BCUT2D eigenvalue weighted by atomic mass is 35.5. The number of pyridine rings is 1. The topological polar surface area (TPSA) is 96.5 Å². The van der Waals surface area contributed by atoms with E-state index in [2.05, 4.69) is 4.98 Å². The van der Waals surface area contributed by atoms with Crippen LogP contribution in [0, 0.1) is 17.0 Å². The quantitative estimate of drug-likeness (QED) is 0.378. The van der Waals surface area contributed by atoms with Gasteiger partial charge in [-0.15, -0.1) is 11.6 Å². The van der Waals surface area contributed by atoms with Gasteiger partial charge in [-0.25, -0.2) is 4.98 Å². The predicted octanol–water partition coefficient (Wildman–Crippen LogP) is 1.58. The number of aliphatic hydroxyl groups is 2. The second kappa shape index (κ2) is 5.59. The van der Waals surface area contributed by atoms with E-state index in [1.807, 2.05) is 0 Å². The number of aliphatic hydroxyl groups excluding tert-OH is 2. The van der Waals surface area contributed by atoms with Crippen LogP contribution in [0.5, 0.6) is 0 Å². The van der Waals surface area contributed by atoms with Gasteiger partial charge in [0.1, 0.15) is 17.0 Å². The fourth-order valence-electron chi connectivity index (χ4n) is 1.26. The third kappa shape index (κ3) is 3.04. The molecule has 17 heavy (non-hydrogen) atoms. The Balaban J connectivity index is 3.24. The summed E-state index contributed by atoms with van der Waals surface area (Å²) in [6.45, 7) is 1.43. The molecule has 0 amide bonds. The summed E-state index contributed by atoms with van der Waals surface area (Å²) in [5, 5.41) is 29.7. The van der Waals surface area contributed by atoms with Crippen molar-refractivity contribution >= 4 is 28.9 Å². The third-order valence-corrected chi connectivity index (χ3v) is 2.82. The van der Waals surface area contributed by atoms with Crippen LogP contribution in [0.4, 0.5) is 5.69 Å². The van der Waals surface area contributed by atoms with Gasteiger partial charge in [0.2, 0.25) is 0 Å². The highest BCUT2D eigenvalue weighted by Gasteiger charge is 2.25. The van der Waals surface area contributed by atoms with Crippen molar-refractivity contribution in [3.63, 3.8) is 0 Å². The van der Waals surface area contributed by atoms with Gasteiger partial charge in [0.25, 0.3) is 5.69 Å². The Bertz CT molecular complexity index is 441. The van der Waals surface area contributed by atoms with Crippen molar-refractivity contribution in [3.8, 4) is 0 Å². The van der Waals surface area contributed by atoms with E-state index in [0.29, 0.717) is 0 Å². The molecule has 0 saturated carbocycles. The van der Waals surface area contributed by atoms with E-state index in [0.717, 1.165) is 6.07 Å². The van der Waals surface area contributed by atoms with E-state index in [9.17, 15) is 20.3 Å². The number of aromatic nitrogens is 1. The van der Waals surface area contributed by atoms with Gasteiger partial charge >= 0.3 is 0 Å². The minimum absolute atomic E-state index is 0.0166. The van der Waals surface area contributed by atoms with Crippen molar-refractivity contribution in [2.24, 2.45) is 0 Å². The van der Waals surface area contributed by atoms with E-state index in [4.69, 9.17) is 23.2 Å². The lowest BCUT2D eigenvalue weighted by Crippen LogP contribution is -2.20. The highest BCUT2D eigenvalue weighted by Crippen LogP contribution is 2.29. The molecular weight excluding hydrogens is 271 g/mol. The fourth-order valence-corrected chi connectivity index (χ4v) is 1.73. The number of aryl methyl sites for hydroxylation is 1. The first-order valence-electron chi connectivity index (χ1n) is 4.62. The van der Waals surface area contributed by atoms with Crippen LogP contribution >= 0.6 is 23.2 Å². The smallest absolute Gasteiger partial charge is 0.290 e. The second-order valence-electron chi connectivity index (χ2n) is 3.40. The van der Waals surface area contributed by atoms with Gasteiger partial charge in [0.15, 0.2) is 0 Å². The maximum Gasteiger partial charge on any atom is 0.290 e. The van der Waals surface area contributed by atoms with Crippen LogP contribution in [-0.4, -0.2) is 32.1 Å². The molecule has 0 fully saturated rings. The number of nitrogens with zero attached hydrogens (tertiary/aromatic N) is 2. The van der Waals surface area contributed by atoms with E-state index in [1.54, 1.807) is 0 Å². The van der Waals surface area contributed by atoms with Crippen LogP contribution in [-0.2, 0) is 0 Å². The summed E-state index contributed by atoms with van der Waals surface area (Å²) in [6, 6.07) is 1.09. The fraction of sp³-hybridized carbons (Fsp3) is 0.444. The molecule has 1 aromatic heterocycles. The normalized spacial score (nSPS) is 14.4. The van der Waals surface area contributed by atoms with E-state index >= 15 is 0 Å². The summed E-state index contributed by atoms with van der Waals surface area (Å²) >= 11 is 11.1. The Morgan fingerprint density at radius 1 is 1.59 bits per heavy atom. The molecule has 0 radical (unpaired) electrons. The molecule has 1 heterocycles. The summed E-state index contributed by atoms with van der Waals surface area (Å²) in [5.41, 5.74) is -0.154. The predicted molar refractivity (Wildman–Crippen MR) is 62.3 cm³/mol. The molecule has 0 spiro atoms. The zero-order valence-electron chi connectivity index (χ0n) is 8.80. The first-order valence-corrected chi connectivity index (χ1v) is 5.53. The lowest BCUT2D eigenvalue weighted by molar-refractivity contribution is -0.385. The van der Waals surface area contributed by atoms with Gasteiger partial charge in [-0.3, -0.25) is 10.1 Å². The minimum Gasteiger partial charge on any atom is -0.389 e. The lowest BCUT2D eigenvalue weighted by atomic mass is 10.1. The Morgan fingerprint density at radius 2 is 2.18 bits per heavy atom. The molecule has 1 aromatic rings. The van der Waals surface area contributed by atoms with Gasteiger partial charge in [-0.05, 0) is 6.92 Å². The molecule has 94 valence electrons. The average Bonchev–Trinajstić information content (AvgIpc) is 2.26. The molecule has 0 aromatic carbocycles. The number of alkyl halides is 1. The zero-order chi connectivity index (χ0) is 13.2. The van der Waals surface area contributed by atoms with Crippen molar-refractivity contribution in [2.45, 2.75) is 19.1 Å². The van der Waals surface area contributed by atoms with Crippen molar-refractivity contribution < 1.29 is 15.1 Å². The number of halogens is 2. The van der Waals surface area contributed by atoms with Crippen LogP contribution in [0.15, 0.2) is 6.07 Å². The van der Waals surface area contributed by atoms with Crippen LogP contribution in [0.25, 0.3) is 0 Å². The first-order chi connectivity index (χ1) is 7.88. The Kier molecular flexibility index (Phi) is 4.64. The molecule has 0 saturated heterocycles. The summed E-state index contributed by atoms with van der Waals surface area (Å²) in [4.78, 5) is 13.8. The summed E-state index contributed by atoms with van der Waals surface area (Å²) in [5.74, 6) is -0.223.